The van der Waals surface area contributed by atoms with Gasteiger partial charge in [0.25, 0.3) is 0 Å². The Labute approximate surface area is 225 Å². The van der Waals surface area contributed by atoms with Gasteiger partial charge in [-0.25, -0.2) is 4.79 Å². The van der Waals surface area contributed by atoms with Gasteiger partial charge in [0.1, 0.15) is 5.82 Å². The van der Waals surface area contributed by atoms with Crippen LogP contribution in [0, 0.1) is 6.92 Å². The van der Waals surface area contributed by atoms with E-state index in [1.807, 2.05) is 24.0 Å². The van der Waals surface area contributed by atoms with Crippen molar-refractivity contribution < 1.29 is 14.3 Å². The van der Waals surface area contributed by atoms with Crippen LogP contribution in [0.1, 0.15) is 43.8 Å². The van der Waals surface area contributed by atoms with Crippen LogP contribution in [0.15, 0.2) is 12.4 Å². The molecule has 3 aromatic rings. The summed E-state index contributed by atoms with van der Waals surface area (Å²) in [6.07, 6.45) is 8.95. The van der Waals surface area contributed by atoms with Crippen LogP contribution in [0.3, 0.4) is 0 Å². The molecule has 2 saturated heterocycles. The van der Waals surface area contributed by atoms with E-state index in [1.165, 1.54) is 18.6 Å². The number of amides is 1. The first-order valence-electron chi connectivity index (χ1n) is 13.4. The van der Waals surface area contributed by atoms with E-state index in [1.54, 1.807) is 4.90 Å². The average molecular weight is 542 g/mol. The Hall–Kier alpha value is -3.03. The van der Waals surface area contributed by atoms with E-state index in [2.05, 4.69) is 25.0 Å². The largest absolute Gasteiger partial charge is 0.453 e. The maximum atomic E-state index is 11.8. The Bertz CT molecular complexity index is 1260. The van der Waals surface area contributed by atoms with E-state index in [4.69, 9.17) is 19.4 Å². The van der Waals surface area contributed by atoms with E-state index in [-0.39, 0.29) is 12.1 Å². The summed E-state index contributed by atoms with van der Waals surface area (Å²) in [5.41, 5.74) is 1.81. The van der Waals surface area contributed by atoms with Crippen molar-refractivity contribution in [3.05, 3.63) is 18.1 Å². The molecule has 5 heterocycles. The van der Waals surface area contributed by atoms with Crippen LogP contribution in [0.5, 0.6) is 0 Å². The molecule has 38 heavy (non-hydrogen) atoms. The SMILES string of the molecule is COC(=O)N1CCN(C2CCC(Nc3nc(Nc4cnn(C5CCOC5)c4)nc4snc(C)c34)CC2)CC1. The number of rotatable bonds is 6. The fourth-order valence-corrected chi connectivity index (χ4v) is 6.57. The zero-order chi connectivity index (χ0) is 26.1. The van der Waals surface area contributed by atoms with Gasteiger partial charge in [0.2, 0.25) is 5.95 Å². The summed E-state index contributed by atoms with van der Waals surface area (Å²) in [6.45, 7) is 6.77. The molecular formula is C25H35N9O3S. The molecule has 0 spiro atoms. The van der Waals surface area contributed by atoms with Crippen LogP contribution in [0.4, 0.5) is 22.2 Å². The lowest BCUT2D eigenvalue weighted by molar-refractivity contribution is 0.0642. The molecule has 3 aliphatic rings. The molecule has 13 heteroatoms. The number of carbonyl (C=O) groups excluding carboxylic acids is 1. The minimum Gasteiger partial charge on any atom is -0.453 e. The molecule has 0 aromatic carbocycles. The summed E-state index contributed by atoms with van der Waals surface area (Å²) in [5, 5.41) is 12.6. The second-order valence-corrected chi connectivity index (χ2v) is 11.1. The first-order chi connectivity index (χ1) is 18.6. The topological polar surface area (TPSA) is 123 Å². The van der Waals surface area contributed by atoms with E-state index < -0.39 is 0 Å². The molecule has 1 unspecified atom stereocenters. The number of aromatic nitrogens is 5. The number of nitrogens with one attached hydrogen (secondary N) is 2. The van der Waals surface area contributed by atoms with E-state index >= 15 is 0 Å². The van der Waals surface area contributed by atoms with Gasteiger partial charge in [-0.1, -0.05) is 0 Å². The summed E-state index contributed by atoms with van der Waals surface area (Å²) >= 11 is 1.40. The van der Waals surface area contributed by atoms with Crippen molar-refractivity contribution in [1.82, 2.24) is 33.9 Å². The van der Waals surface area contributed by atoms with Crippen LogP contribution < -0.4 is 10.6 Å². The van der Waals surface area contributed by atoms with Gasteiger partial charge in [0, 0.05) is 51.1 Å². The summed E-state index contributed by atoms with van der Waals surface area (Å²) in [6, 6.07) is 1.18. The maximum absolute atomic E-state index is 11.8. The van der Waals surface area contributed by atoms with Crippen LogP contribution in [0.25, 0.3) is 10.2 Å². The lowest BCUT2D eigenvalue weighted by Crippen LogP contribution is -2.53. The second kappa shape index (κ2) is 11.0. The van der Waals surface area contributed by atoms with Crippen LogP contribution in [0.2, 0.25) is 0 Å². The number of hydrogen-bond donors (Lipinski definition) is 2. The molecule has 204 valence electrons. The Balaban J connectivity index is 1.10. The van der Waals surface area contributed by atoms with Crippen molar-refractivity contribution in [2.75, 3.05) is 57.1 Å². The Morgan fingerprint density at radius 3 is 2.66 bits per heavy atom. The molecule has 3 fully saturated rings. The van der Waals surface area contributed by atoms with Crippen LogP contribution in [-0.2, 0) is 9.47 Å². The number of hydrogen-bond acceptors (Lipinski definition) is 11. The molecule has 2 N–H and O–H groups in total. The molecule has 1 amide bonds. The standard InChI is InChI=1S/C25H35N9O3S/c1-16-21-22(27-17-3-5-19(6-4-17)32-8-10-33(11-9-32)25(35)36-2)29-24(30-23(21)38-31-16)28-18-13-26-34(14-18)20-7-12-37-15-20/h13-14,17,19-20H,3-12,15H2,1-2H3,(H2,27,28,29,30). The Kier molecular flexibility index (Phi) is 7.30. The highest BCUT2D eigenvalue weighted by atomic mass is 32.1. The van der Waals surface area contributed by atoms with Gasteiger partial charge in [-0.05, 0) is 50.6 Å². The molecule has 6 rings (SSSR count). The average Bonchev–Trinajstić information content (AvgIpc) is 3.71. The monoisotopic (exact) mass is 541 g/mol. The maximum Gasteiger partial charge on any atom is 0.409 e. The normalized spacial score (nSPS) is 24.6. The van der Waals surface area contributed by atoms with E-state index in [9.17, 15) is 4.79 Å². The van der Waals surface area contributed by atoms with Gasteiger partial charge in [0.15, 0.2) is 4.83 Å². The Morgan fingerprint density at radius 2 is 1.92 bits per heavy atom. The van der Waals surface area contributed by atoms with E-state index in [0.717, 1.165) is 92.3 Å². The number of anilines is 3. The summed E-state index contributed by atoms with van der Waals surface area (Å²) in [4.78, 5) is 26.6. The first kappa shape index (κ1) is 25.3. The highest BCUT2D eigenvalue weighted by Crippen LogP contribution is 2.32. The predicted octanol–water partition coefficient (Wildman–Crippen LogP) is 3.40. The molecule has 1 saturated carbocycles. The minimum atomic E-state index is -0.224. The van der Waals surface area contributed by atoms with Gasteiger partial charge >= 0.3 is 6.09 Å². The fraction of sp³-hybridized carbons (Fsp3) is 0.640. The summed E-state index contributed by atoms with van der Waals surface area (Å²) < 4.78 is 16.9. The molecule has 1 aliphatic carbocycles. The predicted molar refractivity (Wildman–Crippen MR) is 145 cm³/mol. The van der Waals surface area contributed by atoms with Gasteiger partial charge < -0.3 is 25.0 Å². The number of fused-ring (bicyclic) bond motifs is 1. The summed E-state index contributed by atoms with van der Waals surface area (Å²) in [5.74, 6) is 1.39. The van der Waals surface area contributed by atoms with E-state index in [0.29, 0.717) is 24.6 Å². The number of ether oxygens (including phenoxy) is 2. The molecule has 0 radical (unpaired) electrons. The summed E-state index contributed by atoms with van der Waals surface area (Å²) in [7, 11) is 1.45. The van der Waals surface area contributed by atoms with Crippen LogP contribution >= 0.6 is 11.5 Å². The highest BCUT2D eigenvalue weighted by Gasteiger charge is 2.30. The number of piperazine rings is 1. The van der Waals surface area contributed by atoms with Gasteiger partial charge in [0.05, 0.1) is 42.7 Å². The van der Waals surface area contributed by atoms with Gasteiger partial charge in [-0.2, -0.15) is 19.4 Å². The van der Waals surface area contributed by atoms with Crippen molar-refractivity contribution in [3.8, 4) is 0 Å². The molecule has 0 bridgehead atoms. The lowest BCUT2D eigenvalue weighted by atomic mass is 9.89. The number of carbonyl (C=O) groups is 1. The quantitative estimate of drug-likeness (QED) is 0.480. The lowest BCUT2D eigenvalue weighted by Gasteiger charge is -2.41. The third-order valence-corrected chi connectivity index (χ3v) is 8.78. The zero-order valence-corrected chi connectivity index (χ0v) is 22.7. The van der Waals surface area contributed by atoms with Gasteiger partial charge in [-0.15, -0.1) is 0 Å². The molecule has 2 aliphatic heterocycles. The number of aryl methyl sites for hydroxylation is 1. The first-order valence-corrected chi connectivity index (χ1v) is 14.2. The zero-order valence-electron chi connectivity index (χ0n) is 21.9. The van der Waals surface area contributed by atoms with Crippen molar-refractivity contribution in [2.24, 2.45) is 0 Å². The molecule has 12 nitrogen and oxygen atoms in total. The highest BCUT2D eigenvalue weighted by molar-refractivity contribution is 7.13. The number of methoxy groups -OCH3 is 1. The third-order valence-electron chi connectivity index (χ3n) is 7.95. The second-order valence-electron chi connectivity index (χ2n) is 10.3. The smallest absolute Gasteiger partial charge is 0.409 e. The third kappa shape index (κ3) is 5.27. The number of nitrogens with zero attached hydrogens (tertiary/aromatic N) is 7. The van der Waals surface area contributed by atoms with Crippen LogP contribution in [-0.4, -0.2) is 98.6 Å². The van der Waals surface area contributed by atoms with Crippen molar-refractivity contribution in [1.29, 1.82) is 0 Å². The fourth-order valence-electron chi connectivity index (χ4n) is 5.79. The molecule has 1 atom stereocenters. The molecular weight excluding hydrogens is 506 g/mol. The van der Waals surface area contributed by atoms with Crippen molar-refractivity contribution in [3.63, 3.8) is 0 Å². The van der Waals surface area contributed by atoms with Crippen molar-refractivity contribution >= 4 is 45.3 Å². The minimum absolute atomic E-state index is 0.224. The van der Waals surface area contributed by atoms with Crippen molar-refractivity contribution in [2.45, 2.75) is 57.2 Å². The van der Waals surface area contributed by atoms with Gasteiger partial charge in [-0.3, -0.25) is 9.58 Å². The Morgan fingerprint density at radius 1 is 1.11 bits per heavy atom. The molecule has 3 aromatic heterocycles.